The van der Waals surface area contributed by atoms with E-state index in [-0.39, 0.29) is 62.2 Å². The molecule has 0 bridgehead atoms. The molecule has 0 saturated carbocycles. The van der Waals surface area contributed by atoms with Crippen LogP contribution in [0.25, 0.3) is 0 Å². The van der Waals surface area contributed by atoms with Gasteiger partial charge in [0.1, 0.15) is 16.5 Å². The van der Waals surface area contributed by atoms with Crippen molar-refractivity contribution in [3.05, 3.63) is 17.2 Å². The first-order valence-electron chi connectivity index (χ1n) is 4.02. The maximum Gasteiger partial charge on any atom is 1.00 e. The van der Waals surface area contributed by atoms with E-state index in [1.807, 2.05) is 0 Å². The Morgan fingerprint density at radius 2 is 1.69 bits per heavy atom. The maximum absolute atomic E-state index is 12.5. The Bertz CT molecular complexity index is 373. The molecule has 1 aromatic carbocycles. The first-order chi connectivity index (χ1) is 6.91. The molecule has 0 N–H and O–H groups in total. The van der Waals surface area contributed by atoms with Crippen molar-refractivity contribution in [1.82, 2.24) is 0 Å². The molecule has 0 spiro atoms. The summed E-state index contributed by atoms with van der Waals surface area (Å²) >= 11 is 5.68. The molecule has 2 nitrogen and oxygen atoms in total. The molecule has 0 atom stereocenters. The van der Waals surface area contributed by atoms with Crippen LogP contribution >= 0.6 is 11.6 Å². The Morgan fingerprint density at radius 1 is 1.12 bits per heavy atom. The molecule has 0 radical (unpaired) electrons. The van der Waals surface area contributed by atoms with Gasteiger partial charge in [0, 0.05) is 0 Å². The van der Waals surface area contributed by atoms with Gasteiger partial charge in [-0.3, -0.25) is 0 Å². The summed E-state index contributed by atoms with van der Waals surface area (Å²) in [7, 11) is 2.45. The van der Waals surface area contributed by atoms with Crippen LogP contribution in [0.15, 0.2) is 12.1 Å². The summed E-state index contributed by atoms with van der Waals surface area (Å²) < 4.78 is 47.0. The number of methoxy groups -OCH3 is 2. The zero-order chi connectivity index (χ0) is 11.6. The third-order valence-electron chi connectivity index (χ3n) is 1.87. The van der Waals surface area contributed by atoms with Crippen molar-refractivity contribution < 1.29 is 73.8 Å². The van der Waals surface area contributed by atoms with E-state index >= 15 is 0 Å². The predicted molar refractivity (Wildman–Crippen MR) is 53.3 cm³/mol. The number of hydrogen-bond donors (Lipinski definition) is 0. The molecule has 16 heavy (non-hydrogen) atoms. The number of ether oxygens (including phenoxy) is 2. The van der Waals surface area contributed by atoms with Gasteiger partial charge in [-0.1, -0.05) is 23.1 Å². The van der Waals surface area contributed by atoms with Gasteiger partial charge in [-0.2, -0.15) is 0 Å². The molecule has 0 aliphatic rings. The van der Waals surface area contributed by atoms with Gasteiger partial charge in [0.15, 0.2) is 0 Å². The fourth-order valence-corrected chi connectivity index (χ4v) is 1.50. The summed E-state index contributed by atoms with van der Waals surface area (Å²) in [5.41, 5.74) is -0.858. The van der Waals surface area contributed by atoms with E-state index in [1.54, 1.807) is 0 Å². The van der Waals surface area contributed by atoms with Crippen LogP contribution in [0.1, 0.15) is 0 Å². The first kappa shape index (κ1) is 16.6. The molecular weight excluding hydrogens is 270 g/mol. The maximum atomic E-state index is 12.5. The molecule has 8 heteroatoms. The number of halogens is 4. The van der Waals surface area contributed by atoms with Crippen molar-refractivity contribution >= 4 is 24.0 Å². The molecule has 0 aliphatic carbocycles. The molecule has 84 valence electrons. The Kier molecular flexibility index (Phi) is 6.76. The molecule has 1 rings (SSSR count). The van der Waals surface area contributed by atoms with Crippen LogP contribution in [0.5, 0.6) is 11.5 Å². The van der Waals surface area contributed by atoms with Crippen LogP contribution in [0, 0.1) is 0 Å². The van der Waals surface area contributed by atoms with Crippen LogP contribution < -0.4 is 66.3 Å². The number of hydrogen-bond acceptors (Lipinski definition) is 2. The molecule has 0 fully saturated rings. The number of benzene rings is 1. The quantitative estimate of drug-likeness (QED) is 0.689. The van der Waals surface area contributed by atoms with E-state index in [9.17, 15) is 12.9 Å². The van der Waals surface area contributed by atoms with Crippen molar-refractivity contribution in [2.45, 2.75) is 0 Å². The van der Waals surface area contributed by atoms with Gasteiger partial charge in [0.2, 0.25) is 0 Å². The molecule has 0 unspecified atom stereocenters. The Balaban J connectivity index is 0.00000225. The van der Waals surface area contributed by atoms with Crippen molar-refractivity contribution in [2.24, 2.45) is 0 Å². The molecular formula is C8H8BClF3KO2. The summed E-state index contributed by atoms with van der Waals surface area (Å²) in [4.78, 5) is 0. The predicted octanol–water partition coefficient (Wildman–Crippen LogP) is -0.584. The van der Waals surface area contributed by atoms with Gasteiger partial charge in [-0.15, -0.1) is 0 Å². The first-order valence-corrected chi connectivity index (χ1v) is 4.40. The summed E-state index contributed by atoms with van der Waals surface area (Å²) in [6, 6.07) is 2.05. The third kappa shape index (κ3) is 3.55. The van der Waals surface area contributed by atoms with Crippen molar-refractivity contribution in [3.63, 3.8) is 0 Å². The Morgan fingerprint density at radius 3 is 2.06 bits per heavy atom. The molecule has 0 aliphatic heterocycles. The van der Waals surface area contributed by atoms with Crippen molar-refractivity contribution in [3.8, 4) is 11.5 Å². The summed E-state index contributed by atoms with van der Waals surface area (Å²) in [5.74, 6) is -0.249. The van der Waals surface area contributed by atoms with E-state index in [1.165, 1.54) is 7.11 Å². The van der Waals surface area contributed by atoms with E-state index in [0.29, 0.717) is 0 Å². The molecule has 0 saturated heterocycles. The minimum absolute atomic E-state index is 0. The minimum atomic E-state index is -5.14. The van der Waals surface area contributed by atoms with E-state index < -0.39 is 18.2 Å². The zero-order valence-electron chi connectivity index (χ0n) is 9.06. The molecule has 1 aromatic rings. The van der Waals surface area contributed by atoms with Crippen LogP contribution in [-0.2, 0) is 0 Å². The van der Waals surface area contributed by atoms with Gasteiger partial charge in [-0.05, 0) is 6.07 Å². The molecule has 0 heterocycles. The second kappa shape index (κ2) is 6.51. The van der Waals surface area contributed by atoms with Crippen molar-refractivity contribution in [2.75, 3.05) is 14.2 Å². The Hall–Kier alpha value is 0.601. The van der Waals surface area contributed by atoms with Crippen LogP contribution in [-0.4, -0.2) is 21.2 Å². The van der Waals surface area contributed by atoms with Gasteiger partial charge >= 0.3 is 58.4 Å². The second-order valence-electron chi connectivity index (χ2n) is 2.78. The fourth-order valence-electron chi connectivity index (χ4n) is 1.18. The van der Waals surface area contributed by atoms with Gasteiger partial charge in [0.05, 0.1) is 14.2 Å². The van der Waals surface area contributed by atoms with E-state index in [0.717, 1.165) is 19.2 Å². The Labute approximate surface area is 139 Å². The summed E-state index contributed by atoms with van der Waals surface area (Å²) in [6.45, 7) is -5.14. The van der Waals surface area contributed by atoms with Crippen molar-refractivity contribution in [1.29, 1.82) is 0 Å². The normalized spacial score (nSPS) is 10.6. The molecule has 0 amide bonds. The standard InChI is InChI=1S/C8H8BClF3O2.K/c1-14-6-4-3-5(9(11,12)13)8(15-2)7(6)10;/h3-4H,1-2H3;/q-1;+1. The third-order valence-corrected chi connectivity index (χ3v) is 2.23. The summed E-state index contributed by atoms with van der Waals surface area (Å²) in [5, 5.41) is -0.170. The minimum Gasteiger partial charge on any atom is -0.498 e. The average Bonchev–Trinajstić information content (AvgIpc) is 2.15. The fraction of sp³-hybridized carbons (Fsp3) is 0.250. The second-order valence-corrected chi connectivity index (χ2v) is 3.16. The zero-order valence-corrected chi connectivity index (χ0v) is 12.9. The smallest absolute Gasteiger partial charge is 0.498 e. The number of rotatable bonds is 3. The monoisotopic (exact) mass is 278 g/mol. The van der Waals surface area contributed by atoms with Crippen LogP contribution in [0.3, 0.4) is 0 Å². The molecule has 0 aromatic heterocycles. The average molecular weight is 279 g/mol. The largest absolute Gasteiger partial charge is 1.00 e. The van der Waals surface area contributed by atoms with Gasteiger partial charge in [-0.25, -0.2) is 0 Å². The van der Waals surface area contributed by atoms with Crippen LogP contribution in [0.2, 0.25) is 5.02 Å². The summed E-state index contributed by atoms with van der Waals surface area (Å²) in [6.07, 6.45) is 0. The SMILES string of the molecule is COc1ccc([B-](F)(F)F)c(OC)c1Cl.[K+]. The van der Waals surface area contributed by atoms with Crippen LogP contribution in [0.4, 0.5) is 12.9 Å². The van der Waals surface area contributed by atoms with E-state index in [2.05, 4.69) is 4.74 Å². The van der Waals surface area contributed by atoms with Gasteiger partial charge in [0.25, 0.3) is 0 Å². The van der Waals surface area contributed by atoms with E-state index in [4.69, 9.17) is 16.3 Å². The topological polar surface area (TPSA) is 18.5 Å². The van der Waals surface area contributed by atoms with Gasteiger partial charge < -0.3 is 22.4 Å².